The van der Waals surface area contributed by atoms with Gasteiger partial charge in [0.15, 0.2) is 0 Å². The predicted molar refractivity (Wildman–Crippen MR) is 91.1 cm³/mol. The molecule has 2 aromatic rings. The molecular weight excluding hydrogens is 338 g/mol. The van der Waals surface area contributed by atoms with Gasteiger partial charge in [-0.05, 0) is 43.3 Å². The zero-order valence-corrected chi connectivity index (χ0v) is 14.2. The van der Waals surface area contributed by atoms with Crippen LogP contribution >= 0.6 is 11.6 Å². The van der Waals surface area contributed by atoms with Crippen molar-refractivity contribution in [2.45, 2.75) is 13.0 Å². The van der Waals surface area contributed by atoms with Crippen molar-refractivity contribution in [3.63, 3.8) is 0 Å². The molecule has 0 bridgehead atoms. The molecular formula is C15H16ClN3O3S. The molecule has 1 N–H and O–H groups in total. The van der Waals surface area contributed by atoms with Crippen molar-refractivity contribution < 1.29 is 13.2 Å². The Labute approximate surface area is 140 Å². The second kappa shape index (κ2) is 6.97. The van der Waals surface area contributed by atoms with E-state index in [1.165, 1.54) is 13.1 Å². The van der Waals surface area contributed by atoms with Crippen LogP contribution in [0.1, 0.15) is 6.92 Å². The fourth-order valence-electron chi connectivity index (χ4n) is 2.08. The van der Waals surface area contributed by atoms with E-state index in [0.29, 0.717) is 16.4 Å². The highest BCUT2D eigenvalue weighted by atomic mass is 35.5. The number of carbonyl (C=O) groups is 1. The summed E-state index contributed by atoms with van der Waals surface area (Å²) in [7, 11) is -3.65. The van der Waals surface area contributed by atoms with Gasteiger partial charge >= 0.3 is 0 Å². The topological polar surface area (TPSA) is 79.4 Å². The minimum absolute atomic E-state index is 0.366. The Morgan fingerprint density at radius 3 is 2.43 bits per heavy atom. The Hall–Kier alpha value is -2.12. The van der Waals surface area contributed by atoms with Gasteiger partial charge in [-0.1, -0.05) is 11.6 Å². The van der Waals surface area contributed by atoms with E-state index in [9.17, 15) is 13.2 Å². The molecule has 0 aliphatic heterocycles. The van der Waals surface area contributed by atoms with E-state index in [2.05, 4.69) is 10.3 Å². The Morgan fingerprint density at radius 2 is 1.91 bits per heavy atom. The first-order valence-electron chi connectivity index (χ1n) is 6.75. The van der Waals surface area contributed by atoms with Crippen molar-refractivity contribution in [2.24, 2.45) is 0 Å². The largest absolute Gasteiger partial charge is 0.323 e. The molecule has 1 atom stereocenters. The summed E-state index contributed by atoms with van der Waals surface area (Å²) < 4.78 is 25.3. The minimum Gasteiger partial charge on any atom is -0.323 e. The van der Waals surface area contributed by atoms with Crippen LogP contribution < -0.4 is 9.62 Å². The highest BCUT2D eigenvalue weighted by Crippen LogP contribution is 2.23. The van der Waals surface area contributed by atoms with Crippen LogP contribution in [-0.4, -0.2) is 31.6 Å². The van der Waals surface area contributed by atoms with E-state index in [1.54, 1.807) is 42.6 Å². The summed E-state index contributed by atoms with van der Waals surface area (Å²) in [6, 6.07) is 8.65. The summed E-state index contributed by atoms with van der Waals surface area (Å²) >= 11 is 5.83. The van der Waals surface area contributed by atoms with Gasteiger partial charge in [-0.2, -0.15) is 0 Å². The second-order valence-electron chi connectivity index (χ2n) is 4.94. The highest BCUT2D eigenvalue weighted by molar-refractivity contribution is 7.92. The van der Waals surface area contributed by atoms with Crippen molar-refractivity contribution in [3.05, 3.63) is 53.8 Å². The number of anilines is 2. The van der Waals surface area contributed by atoms with Crippen LogP contribution in [0.4, 0.5) is 11.4 Å². The monoisotopic (exact) mass is 353 g/mol. The van der Waals surface area contributed by atoms with Gasteiger partial charge in [0.25, 0.3) is 0 Å². The maximum Gasteiger partial charge on any atom is 0.248 e. The van der Waals surface area contributed by atoms with Crippen molar-refractivity contribution in [1.29, 1.82) is 0 Å². The molecule has 122 valence electrons. The Morgan fingerprint density at radius 1 is 1.26 bits per heavy atom. The number of carbonyl (C=O) groups excluding carboxylic acids is 1. The summed E-state index contributed by atoms with van der Waals surface area (Å²) in [5, 5.41) is 3.12. The standard InChI is InChI=1S/C15H16ClN3O3S/c1-11(15(20)18-13-4-3-9-17-10-13)19(23(2,21)22)14-7-5-12(16)6-8-14/h3-11H,1-2H3,(H,18,20)/t11-/m1/s1. The van der Waals surface area contributed by atoms with Crippen LogP contribution in [0.2, 0.25) is 5.02 Å². The first-order valence-corrected chi connectivity index (χ1v) is 8.97. The Bertz CT molecular complexity index is 779. The number of halogens is 1. The summed E-state index contributed by atoms with van der Waals surface area (Å²) in [5.41, 5.74) is 0.861. The van der Waals surface area contributed by atoms with Crippen LogP contribution in [0.25, 0.3) is 0 Å². The third kappa shape index (κ3) is 4.43. The molecule has 1 amide bonds. The molecule has 0 spiro atoms. The lowest BCUT2D eigenvalue weighted by molar-refractivity contribution is -0.116. The van der Waals surface area contributed by atoms with Crippen LogP contribution in [0.3, 0.4) is 0 Å². The lowest BCUT2D eigenvalue weighted by Crippen LogP contribution is -2.45. The van der Waals surface area contributed by atoms with E-state index in [0.717, 1.165) is 10.6 Å². The molecule has 0 aliphatic rings. The fourth-order valence-corrected chi connectivity index (χ4v) is 3.38. The van der Waals surface area contributed by atoms with Crippen molar-refractivity contribution in [3.8, 4) is 0 Å². The van der Waals surface area contributed by atoms with Gasteiger partial charge in [0.2, 0.25) is 15.9 Å². The van der Waals surface area contributed by atoms with Crippen LogP contribution in [0, 0.1) is 0 Å². The maximum atomic E-state index is 12.4. The number of hydrogen-bond acceptors (Lipinski definition) is 4. The number of rotatable bonds is 5. The Kier molecular flexibility index (Phi) is 5.23. The number of hydrogen-bond donors (Lipinski definition) is 1. The molecule has 2 rings (SSSR count). The van der Waals surface area contributed by atoms with Crippen molar-refractivity contribution >= 4 is 38.9 Å². The summed E-state index contributed by atoms with van der Waals surface area (Å²) in [5.74, 6) is -0.460. The lowest BCUT2D eigenvalue weighted by atomic mass is 10.2. The third-order valence-corrected chi connectivity index (χ3v) is 4.59. The molecule has 0 unspecified atom stereocenters. The predicted octanol–water partition coefficient (Wildman–Crippen LogP) is 2.53. The van der Waals surface area contributed by atoms with Gasteiger partial charge in [0.1, 0.15) is 6.04 Å². The number of aromatic nitrogens is 1. The molecule has 6 nitrogen and oxygen atoms in total. The number of amides is 1. The molecule has 1 heterocycles. The first-order chi connectivity index (χ1) is 10.8. The smallest absolute Gasteiger partial charge is 0.248 e. The normalized spacial score (nSPS) is 12.5. The summed E-state index contributed by atoms with van der Waals surface area (Å²) in [6.45, 7) is 1.52. The van der Waals surface area contributed by atoms with E-state index in [4.69, 9.17) is 11.6 Å². The second-order valence-corrected chi connectivity index (χ2v) is 7.24. The third-order valence-electron chi connectivity index (χ3n) is 3.10. The lowest BCUT2D eigenvalue weighted by Gasteiger charge is -2.28. The highest BCUT2D eigenvalue weighted by Gasteiger charge is 2.29. The van der Waals surface area contributed by atoms with Crippen LogP contribution in [0.15, 0.2) is 48.8 Å². The summed E-state index contributed by atoms with van der Waals surface area (Å²) in [4.78, 5) is 16.3. The van der Waals surface area contributed by atoms with Crippen molar-refractivity contribution in [1.82, 2.24) is 4.98 Å². The van der Waals surface area contributed by atoms with Gasteiger partial charge in [-0.3, -0.25) is 14.1 Å². The molecule has 8 heteroatoms. The van der Waals surface area contributed by atoms with Gasteiger partial charge in [-0.15, -0.1) is 0 Å². The van der Waals surface area contributed by atoms with E-state index >= 15 is 0 Å². The van der Waals surface area contributed by atoms with Gasteiger partial charge in [0.05, 0.1) is 23.8 Å². The van der Waals surface area contributed by atoms with E-state index < -0.39 is 22.0 Å². The molecule has 0 saturated heterocycles. The van der Waals surface area contributed by atoms with Gasteiger partial charge < -0.3 is 5.32 Å². The van der Waals surface area contributed by atoms with Gasteiger partial charge in [-0.25, -0.2) is 8.42 Å². The molecule has 1 aromatic heterocycles. The quantitative estimate of drug-likeness (QED) is 0.895. The molecule has 0 saturated carbocycles. The zero-order chi connectivity index (χ0) is 17.0. The molecule has 23 heavy (non-hydrogen) atoms. The molecule has 0 fully saturated rings. The number of sulfonamides is 1. The number of benzene rings is 1. The average molecular weight is 354 g/mol. The van der Waals surface area contributed by atoms with E-state index in [-0.39, 0.29) is 0 Å². The molecule has 0 radical (unpaired) electrons. The van der Waals surface area contributed by atoms with Crippen molar-refractivity contribution in [2.75, 3.05) is 15.9 Å². The number of nitrogens with zero attached hydrogens (tertiary/aromatic N) is 2. The first kappa shape index (κ1) is 17.2. The molecule has 0 aliphatic carbocycles. The number of nitrogens with one attached hydrogen (secondary N) is 1. The fraction of sp³-hybridized carbons (Fsp3) is 0.200. The Balaban J connectivity index is 2.28. The molecule has 1 aromatic carbocycles. The van der Waals surface area contributed by atoms with Gasteiger partial charge in [0, 0.05) is 11.2 Å². The zero-order valence-electron chi connectivity index (χ0n) is 12.6. The SMILES string of the molecule is C[C@H](C(=O)Nc1cccnc1)N(c1ccc(Cl)cc1)S(C)(=O)=O. The maximum absolute atomic E-state index is 12.4. The van der Waals surface area contributed by atoms with E-state index in [1.807, 2.05) is 0 Å². The van der Waals surface area contributed by atoms with Crippen LogP contribution in [0.5, 0.6) is 0 Å². The minimum atomic E-state index is -3.65. The summed E-state index contributed by atoms with van der Waals surface area (Å²) in [6.07, 6.45) is 4.11. The number of pyridine rings is 1. The van der Waals surface area contributed by atoms with Crippen LogP contribution in [-0.2, 0) is 14.8 Å². The average Bonchev–Trinajstić information content (AvgIpc) is 2.49.